The van der Waals surface area contributed by atoms with E-state index in [-0.39, 0.29) is 40.6 Å². The third-order valence-corrected chi connectivity index (χ3v) is 12.0. The topological polar surface area (TPSA) is 374 Å². The number of anilines is 3. The van der Waals surface area contributed by atoms with Crippen molar-refractivity contribution in [3.8, 4) is 0 Å². The zero-order chi connectivity index (χ0) is 59.7. The zero-order valence-electron chi connectivity index (χ0n) is 44.9. The van der Waals surface area contributed by atoms with Crippen molar-refractivity contribution in [1.82, 2.24) is 28.7 Å². The number of aromatic carboxylic acids is 3. The largest absolute Gasteiger partial charge is 0.478 e. The van der Waals surface area contributed by atoms with E-state index < -0.39 is 39.3 Å². The first-order valence-electron chi connectivity index (χ1n) is 23.6. The summed E-state index contributed by atoms with van der Waals surface area (Å²) in [6.45, 7) is 6.57. The molecular weight excluding hydrogens is 1040 g/mol. The fourth-order valence-electron chi connectivity index (χ4n) is 7.21. The van der Waals surface area contributed by atoms with E-state index in [1.807, 2.05) is 87.4 Å². The number of nitrogen functional groups attached to an aromatic ring is 1. The molecular formula is C54H59FN12O13. The molecule has 0 unspecified atom stereocenters. The fourth-order valence-corrected chi connectivity index (χ4v) is 7.21. The van der Waals surface area contributed by atoms with Gasteiger partial charge in [0.15, 0.2) is 0 Å². The SMILES string of the molecule is CNc1cc(C(=O)O)ccc1N.CNc1cc(C(=O)O)ccc1[N+](=O)[O-].COC(=O)c1ccc2nc(C)n(C)c2c1.Cc1nc2ccc(CN)cc2n1C.Cc1nc2ccc(CO)cc2n1C.O=C(O)c1ccc([N+](=O)[O-])c(F)c1. The molecule has 0 saturated carbocycles. The molecule has 0 spiro atoms. The van der Waals surface area contributed by atoms with Crippen LogP contribution in [0.2, 0.25) is 0 Å². The van der Waals surface area contributed by atoms with E-state index in [0.717, 1.165) is 79.9 Å². The van der Waals surface area contributed by atoms with E-state index in [1.54, 1.807) is 25.2 Å². The molecule has 0 radical (unpaired) electrons. The van der Waals surface area contributed by atoms with E-state index in [9.17, 15) is 43.8 Å². The minimum absolute atomic E-state index is 0.0138. The molecule has 9 aromatic rings. The second-order valence-electron chi connectivity index (χ2n) is 17.0. The van der Waals surface area contributed by atoms with Crippen LogP contribution in [0.1, 0.15) is 70.0 Å². The van der Waals surface area contributed by atoms with Gasteiger partial charge in [-0.05, 0) is 117 Å². The van der Waals surface area contributed by atoms with Gasteiger partial charge in [0.05, 0.1) is 90.3 Å². The lowest BCUT2D eigenvalue weighted by atomic mass is 10.2. The van der Waals surface area contributed by atoms with Crippen LogP contribution in [0.25, 0.3) is 33.1 Å². The average molecular weight is 1100 g/mol. The Labute approximate surface area is 455 Å². The molecule has 10 N–H and O–H groups in total. The lowest BCUT2D eigenvalue weighted by Crippen LogP contribution is -2.01. The van der Waals surface area contributed by atoms with Crippen molar-refractivity contribution in [1.29, 1.82) is 0 Å². The molecule has 0 aliphatic heterocycles. The number of nitrogens with one attached hydrogen (secondary N) is 2. The molecule has 26 heteroatoms. The van der Waals surface area contributed by atoms with Gasteiger partial charge in [-0.1, -0.05) is 12.1 Å². The second kappa shape index (κ2) is 28.2. The van der Waals surface area contributed by atoms with Crippen molar-refractivity contribution in [3.05, 3.63) is 186 Å². The number of carboxylic acid groups (broad SMARTS) is 3. The molecule has 0 amide bonds. The Morgan fingerprint density at radius 1 is 0.588 bits per heavy atom. The third-order valence-electron chi connectivity index (χ3n) is 12.0. The summed E-state index contributed by atoms with van der Waals surface area (Å²) in [5, 5.41) is 60.6. The monoisotopic (exact) mass is 1100 g/mol. The maximum atomic E-state index is 12.8. The van der Waals surface area contributed by atoms with Gasteiger partial charge in [0.1, 0.15) is 23.2 Å². The summed E-state index contributed by atoms with van der Waals surface area (Å²) in [6, 6.07) is 27.8. The number of nitrogens with two attached hydrogens (primary N) is 2. The Kier molecular flexibility index (Phi) is 21.9. The summed E-state index contributed by atoms with van der Waals surface area (Å²) >= 11 is 0. The van der Waals surface area contributed by atoms with Crippen LogP contribution in [-0.4, -0.2) is 104 Å². The van der Waals surface area contributed by atoms with Gasteiger partial charge >= 0.3 is 29.6 Å². The number of nitro groups is 2. The number of aliphatic hydroxyl groups excluding tert-OH is 1. The van der Waals surface area contributed by atoms with Crippen LogP contribution in [-0.2, 0) is 39.0 Å². The first-order chi connectivity index (χ1) is 37.8. The Bertz CT molecular complexity index is 3660. The van der Waals surface area contributed by atoms with Crippen molar-refractivity contribution < 1.29 is 58.6 Å². The molecule has 25 nitrogen and oxygen atoms in total. The number of hydrogen-bond acceptors (Lipinski definition) is 17. The minimum atomic E-state index is -1.33. The molecule has 9 rings (SSSR count). The second-order valence-corrected chi connectivity index (χ2v) is 17.0. The summed E-state index contributed by atoms with van der Waals surface area (Å²) in [7, 11) is 10.5. The number of carboxylic acids is 3. The van der Waals surface area contributed by atoms with Gasteiger partial charge in [-0.2, -0.15) is 4.39 Å². The van der Waals surface area contributed by atoms with Crippen LogP contribution in [0.4, 0.5) is 32.8 Å². The molecule has 0 atom stereocenters. The fraction of sp³-hybridized carbons (Fsp3) is 0.204. The molecule has 0 fully saturated rings. The number of nitro benzene ring substituents is 2. The van der Waals surface area contributed by atoms with E-state index in [4.69, 9.17) is 31.9 Å². The number of ether oxygens (including phenoxy) is 1. The van der Waals surface area contributed by atoms with Gasteiger partial charge in [0.25, 0.3) is 5.69 Å². The summed E-state index contributed by atoms with van der Waals surface area (Å²) < 4.78 is 23.5. The highest BCUT2D eigenvalue weighted by atomic mass is 19.1. The number of aliphatic hydroxyl groups is 1. The predicted octanol–water partition coefficient (Wildman–Crippen LogP) is 8.16. The smallest absolute Gasteiger partial charge is 0.337 e. The number of hydrogen-bond donors (Lipinski definition) is 8. The number of methoxy groups -OCH3 is 1. The van der Waals surface area contributed by atoms with Crippen molar-refractivity contribution >= 4 is 85.4 Å². The molecule has 0 bridgehead atoms. The number of benzene rings is 6. The molecule has 3 aromatic heterocycles. The van der Waals surface area contributed by atoms with Gasteiger partial charge in [-0.25, -0.2) is 34.1 Å². The van der Waals surface area contributed by atoms with E-state index in [2.05, 4.69) is 41.0 Å². The Balaban J connectivity index is 0.000000207. The molecule has 0 aliphatic rings. The van der Waals surface area contributed by atoms with Crippen LogP contribution in [0, 0.1) is 46.8 Å². The number of rotatable bonds is 10. The van der Waals surface area contributed by atoms with Crippen LogP contribution in [0.5, 0.6) is 0 Å². The summed E-state index contributed by atoms with van der Waals surface area (Å²) in [5.74, 6) is -1.92. The maximum absolute atomic E-state index is 12.8. The zero-order valence-corrected chi connectivity index (χ0v) is 44.9. The van der Waals surface area contributed by atoms with Crippen molar-refractivity contribution in [2.24, 2.45) is 26.9 Å². The van der Waals surface area contributed by atoms with Crippen molar-refractivity contribution in [3.63, 3.8) is 0 Å². The Morgan fingerprint density at radius 2 is 0.975 bits per heavy atom. The van der Waals surface area contributed by atoms with Gasteiger partial charge in [0, 0.05) is 53.9 Å². The summed E-state index contributed by atoms with van der Waals surface area (Å²) in [4.78, 5) is 74.9. The Hall–Kier alpha value is -10.3. The molecule has 3 heterocycles. The number of aryl methyl sites for hydroxylation is 6. The van der Waals surface area contributed by atoms with E-state index in [0.29, 0.717) is 29.5 Å². The number of halogens is 1. The van der Waals surface area contributed by atoms with Crippen molar-refractivity contribution in [2.75, 3.05) is 37.6 Å². The first kappa shape index (κ1) is 62.2. The maximum Gasteiger partial charge on any atom is 0.337 e. The molecule has 80 heavy (non-hydrogen) atoms. The quantitative estimate of drug-likeness (QED) is 0.0277. The van der Waals surface area contributed by atoms with Crippen LogP contribution in [0.3, 0.4) is 0 Å². The number of carbonyl (C=O) groups is 4. The van der Waals surface area contributed by atoms with Crippen LogP contribution >= 0.6 is 0 Å². The first-order valence-corrected chi connectivity index (χ1v) is 23.6. The molecule has 420 valence electrons. The molecule has 6 aromatic carbocycles. The van der Waals surface area contributed by atoms with E-state index in [1.165, 1.54) is 38.4 Å². The lowest BCUT2D eigenvalue weighted by molar-refractivity contribution is -0.387. The lowest BCUT2D eigenvalue weighted by Gasteiger charge is -2.04. The molecule has 0 aliphatic carbocycles. The number of nitrogens with zero attached hydrogens (tertiary/aromatic N) is 8. The highest BCUT2D eigenvalue weighted by Crippen LogP contribution is 2.25. The number of carbonyl (C=O) groups excluding carboxylic acids is 1. The minimum Gasteiger partial charge on any atom is -0.478 e. The van der Waals surface area contributed by atoms with Gasteiger partial charge in [0.2, 0.25) is 5.82 Å². The summed E-state index contributed by atoms with van der Waals surface area (Å²) in [6.07, 6.45) is 0. The number of esters is 1. The highest BCUT2D eigenvalue weighted by Gasteiger charge is 2.17. The summed E-state index contributed by atoms with van der Waals surface area (Å²) in [5.41, 5.74) is 20.2. The predicted molar refractivity (Wildman–Crippen MR) is 298 cm³/mol. The van der Waals surface area contributed by atoms with Gasteiger partial charge in [-0.15, -0.1) is 0 Å². The normalized spacial score (nSPS) is 10.2. The average Bonchev–Trinajstić information content (AvgIpc) is 4.02. The number of imidazole rings is 3. The van der Waals surface area contributed by atoms with Crippen LogP contribution < -0.4 is 22.1 Å². The highest BCUT2D eigenvalue weighted by molar-refractivity contribution is 5.94. The van der Waals surface area contributed by atoms with E-state index >= 15 is 0 Å². The van der Waals surface area contributed by atoms with Crippen molar-refractivity contribution in [2.45, 2.75) is 33.9 Å². The number of fused-ring (bicyclic) bond motifs is 3. The van der Waals surface area contributed by atoms with Gasteiger partial charge < -0.3 is 61.0 Å². The van der Waals surface area contributed by atoms with Crippen LogP contribution in [0.15, 0.2) is 109 Å². The molecule has 0 saturated heterocycles. The van der Waals surface area contributed by atoms with Gasteiger partial charge in [-0.3, -0.25) is 20.2 Å². The third kappa shape index (κ3) is 15.9. The number of aromatic nitrogens is 6. The Morgan fingerprint density at radius 3 is 1.39 bits per heavy atom. The standard InChI is InChI=1S/C11H12N2O2.C10H13N3.C10H12N2O.C8H8N2O4.C8H10N2O2.C7H4FNO4/c1-7-12-9-5-4-8(11(14)15-3)6-10(9)13(7)2;1-7-12-9-4-3-8(6-11)5-10(9)13(7)2;1-7-11-9-4-3-8(6-13)5-10(9)12(7)2;1-9-6-4-5(8(11)12)2-3-7(6)10(13)14;1-10-7-4-5(8(11)12)2-3-6(7)9;8-5-3-4(7(10)11)1-2-6(5)9(12)13/h4-6H,1-3H3;3-5H,6,11H2,1-2H3;3-5,13H,6H2,1-2H3;2-4,9H,1H3,(H,11,12);2-4,10H,9H2,1H3,(H,11,12);1-3H,(H,10,11).